The number of nitrogens with zero attached hydrogens (tertiary/aromatic N) is 1. The number of hydrogen-bond acceptors (Lipinski definition) is 4. The molecule has 0 radical (unpaired) electrons. The summed E-state index contributed by atoms with van der Waals surface area (Å²) in [6.07, 6.45) is 3.04. The number of halogens is 1. The van der Waals surface area contributed by atoms with Crippen LogP contribution < -0.4 is 10.1 Å². The molecule has 1 aromatic carbocycles. The fourth-order valence-corrected chi connectivity index (χ4v) is 3.66. The lowest BCUT2D eigenvalue weighted by atomic mass is 10.0. The maximum atomic E-state index is 13.5. The third-order valence-electron chi connectivity index (χ3n) is 4.24. The smallest absolute Gasteiger partial charge is 0.255 e. The number of amides is 1. The van der Waals surface area contributed by atoms with Crippen molar-refractivity contribution in [1.82, 2.24) is 15.5 Å². The molecule has 3 aromatic rings. The Balaban J connectivity index is 1.61. The lowest BCUT2D eigenvalue weighted by Crippen LogP contribution is -2.28. The van der Waals surface area contributed by atoms with E-state index in [-0.39, 0.29) is 17.8 Å². The van der Waals surface area contributed by atoms with Crippen LogP contribution in [0.4, 0.5) is 4.39 Å². The molecule has 2 N–H and O–H groups in total. The third-order valence-corrected chi connectivity index (χ3v) is 4.93. The van der Waals surface area contributed by atoms with Crippen molar-refractivity contribution in [1.29, 1.82) is 0 Å². The molecule has 0 bridgehead atoms. The number of ether oxygens (including phenoxy) is 1. The Kier molecular flexibility index (Phi) is 4.23. The minimum Gasteiger partial charge on any atom is -0.493 e. The summed E-state index contributed by atoms with van der Waals surface area (Å²) in [5.74, 6) is -0.0644. The lowest BCUT2D eigenvalue weighted by Gasteiger charge is -2.18. The highest BCUT2D eigenvalue weighted by Crippen LogP contribution is 2.32. The maximum absolute atomic E-state index is 13.5. The second kappa shape index (κ2) is 6.68. The Bertz CT molecular complexity index is 892. The summed E-state index contributed by atoms with van der Waals surface area (Å²) in [6, 6.07) is 6.15. The molecule has 2 aromatic heterocycles. The van der Waals surface area contributed by atoms with Crippen molar-refractivity contribution in [2.24, 2.45) is 0 Å². The molecule has 25 heavy (non-hydrogen) atoms. The molecule has 0 fully saturated rings. The van der Waals surface area contributed by atoms with Crippen LogP contribution >= 0.6 is 11.3 Å². The fourth-order valence-electron chi connectivity index (χ4n) is 3.02. The number of nitrogens with one attached hydrogen (secondary N) is 2. The first-order valence-electron chi connectivity index (χ1n) is 8.01. The SMILES string of the molecule is O=C(N[C@H]1CCCOc2cc(F)ccc21)c1cn[nH]c1-c1ccsc1. The molecule has 0 aliphatic carbocycles. The van der Waals surface area contributed by atoms with E-state index < -0.39 is 0 Å². The maximum Gasteiger partial charge on any atom is 0.255 e. The summed E-state index contributed by atoms with van der Waals surface area (Å²) in [6.45, 7) is 0.509. The summed E-state index contributed by atoms with van der Waals surface area (Å²) in [4.78, 5) is 12.8. The highest BCUT2D eigenvalue weighted by atomic mass is 32.1. The van der Waals surface area contributed by atoms with E-state index in [0.717, 1.165) is 24.0 Å². The number of aromatic nitrogens is 2. The van der Waals surface area contributed by atoms with Gasteiger partial charge in [-0.2, -0.15) is 16.4 Å². The number of H-pyrrole nitrogens is 1. The molecule has 128 valence electrons. The highest BCUT2D eigenvalue weighted by molar-refractivity contribution is 7.08. The van der Waals surface area contributed by atoms with Crippen molar-refractivity contribution in [3.05, 3.63) is 58.2 Å². The van der Waals surface area contributed by atoms with Gasteiger partial charge < -0.3 is 10.1 Å². The van der Waals surface area contributed by atoms with Crippen molar-refractivity contribution < 1.29 is 13.9 Å². The van der Waals surface area contributed by atoms with Crippen LogP contribution in [0, 0.1) is 5.82 Å². The van der Waals surface area contributed by atoms with E-state index >= 15 is 0 Å². The van der Waals surface area contributed by atoms with Gasteiger partial charge in [0.05, 0.1) is 30.1 Å². The van der Waals surface area contributed by atoms with E-state index in [1.807, 2.05) is 16.8 Å². The zero-order chi connectivity index (χ0) is 17.2. The average molecular weight is 357 g/mol. The summed E-state index contributed by atoms with van der Waals surface area (Å²) in [5.41, 5.74) is 2.92. The molecule has 1 aliphatic heterocycles. The second-order valence-electron chi connectivity index (χ2n) is 5.87. The first-order chi connectivity index (χ1) is 12.2. The van der Waals surface area contributed by atoms with Crippen molar-refractivity contribution in [2.75, 3.05) is 6.61 Å². The molecule has 1 atom stereocenters. The molecule has 3 heterocycles. The molecule has 0 spiro atoms. The molecule has 0 saturated carbocycles. The lowest BCUT2D eigenvalue weighted by molar-refractivity contribution is 0.0935. The van der Waals surface area contributed by atoms with Crippen molar-refractivity contribution in [2.45, 2.75) is 18.9 Å². The van der Waals surface area contributed by atoms with Crippen LogP contribution in [-0.2, 0) is 0 Å². The largest absolute Gasteiger partial charge is 0.493 e. The number of fused-ring (bicyclic) bond motifs is 1. The molecule has 1 amide bonds. The zero-order valence-electron chi connectivity index (χ0n) is 13.3. The van der Waals surface area contributed by atoms with E-state index in [1.54, 1.807) is 17.4 Å². The van der Waals surface area contributed by atoms with Gasteiger partial charge in [0.25, 0.3) is 5.91 Å². The Morgan fingerprint density at radius 1 is 1.40 bits per heavy atom. The quantitative estimate of drug-likeness (QED) is 0.747. The van der Waals surface area contributed by atoms with Crippen LogP contribution in [0.3, 0.4) is 0 Å². The van der Waals surface area contributed by atoms with E-state index in [1.165, 1.54) is 18.3 Å². The molecule has 4 rings (SSSR count). The van der Waals surface area contributed by atoms with Gasteiger partial charge in [0, 0.05) is 22.6 Å². The van der Waals surface area contributed by atoms with Gasteiger partial charge in [-0.25, -0.2) is 4.39 Å². The van der Waals surface area contributed by atoms with Gasteiger partial charge in [-0.15, -0.1) is 0 Å². The number of carbonyl (C=O) groups is 1. The molecule has 0 saturated heterocycles. The molecular formula is C18H16FN3O2S. The van der Waals surface area contributed by atoms with Crippen LogP contribution in [0.2, 0.25) is 0 Å². The topological polar surface area (TPSA) is 67.0 Å². The number of rotatable bonds is 3. The van der Waals surface area contributed by atoms with E-state index in [9.17, 15) is 9.18 Å². The molecule has 0 unspecified atom stereocenters. The predicted molar refractivity (Wildman–Crippen MR) is 93.2 cm³/mol. The number of hydrogen-bond donors (Lipinski definition) is 2. The molecule has 7 heteroatoms. The van der Waals surface area contributed by atoms with Crippen LogP contribution in [0.1, 0.15) is 34.8 Å². The van der Waals surface area contributed by atoms with Gasteiger partial charge in [0.15, 0.2) is 0 Å². The van der Waals surface area contributed by atoms with Gasteiger partial charge in [-0.1, -0.05) is 6.07 Å². The Morgan fingerprint density at radius 2 is 2.32 bits per heavy atom. The molecular weight excluding hydrogens is 341 g/mol. The molecule has 5 nitrogen and oxygen atoms in total. The minimum absolute atomic E-state index is 0.211. The second-order valence-corrected chi connectivity index (χ2v) is 6.65. The first-order valence-corrected chi connectivity index (χ1v) is 8.95. The number of thiophene rings is 1. The van der Waals surface area contributed by atoms with Gasteiger partial charge in [-0.3, -0.25) is 9.89 Å². The fraction of sp³-hybridized carbons (Fsp3) is 0.222. The van der Waals surface area contributed by atoms with E-state index in [2.05, 4.69) is 15.5 Å². The van der Waals surface area contributed by atoms with Crippen LogP contribution in [0.15, 0.2) is 41.2 Å². The Hall–Kier alpha value is -2.67. The summed E-state index contributed by atoms with van der Waals surface area (Å²) < 4.78 is 19.1. The van der Waals surface area contributed by atoms with Crippen molar-refractivity contribution in [3.8, 4) is 17.0 Å². The van der Waals surface area contributed by atoms with Crippen molar-refractivity contribution in [3.63, 3.8) is 0 Å². The van der Waals surface area contributed by atoms with Crippen LogP contribution in [-0.4, -0.2) is 22.7 Å². The van der Waals surface area contributed by atoms with Crippen LogP contribution in [0.5, 0.6) is 5.75 Å². The minimum atomic E-state index is -0.347. The van der Waals surface area contributed by atoms with E-state index in [0.29, 0.717) is 23.6 Å². The normalized spacial score (nSPS) is 16.6. The predicted octanol–water partition coefficient (Wildman–Crippen LogP) is 3.92. The summed E-state index contributed by atoms with van der Waals surface area (Å²) in [7, 11) is 0. The van der Waals surface area contributed by atoms with Crippen molar-refractivity contribution >= 4 is 17.2 Å². The number of benzene rings is 1. The standard InChI is InChI=1S/C18H16FN3O2S/c19-12-3-4-13-15(2-1-6-24-16(13)8-12)21-18(23)14-9-20-22-17(14)11-5-7-25-10-11/h3-5,7-10,15H,1-2,6H2,(H,20,22)(H,21,23)/t15-/m0/s1. The Morgan fingerprint density at radius 3 is 3.16 bits per heavy atom. The van der Waals surface area contributed by atoms with E-state index in [4.69, 9.17) is 4.74 Å². The monoisotopic (exact) mass is 357 g/mol. The number of carbonyl (C=O) groups excluding carboxylic acids is 1. The zero-order valence-corrected chi connectivity index (χ0v) is 14.1. The molecule has 1 aliphatic rings. The van der Waals surface area contributed by atoms with Gasteiger partial charge >= 0.3 is 0 Å². The number of aromatic amines is 1. The first kappa shape index (κ1) is 15.8. The Labute approximate surface area is 147 Å². The average Bonchev–Trinajstić information content (AvgIpc) is 3.25. The van der Waals surface area contributed by atoms with Gasteiger partial charge in [0.1, 0.15) is 11.6 Å². The summed E-state index contributed by atoms with van der Waals surface area (Å²) in [5, 5.41) is 13.8. The highest BCUT2D eigenvalue weighted by Gasteiger charge is 2.24. The van der Waals surface area contributed by atoms with Crippen LogP contribution in [0.25, 0.3) is 11.3 Å². The summed E-state index contributed by atoms with van der Waals surface area (Å²) >= 11 is 1.56. The van der Waals surface area contributed by atoms with Gasteiger partial charge in [-0.05, 0) is 30.4 Å². The van der Waals surface area contributed by atoms with Gasteiger partial charge in [0.2, 0.25) is 0 Å². The third kappa shape index (κ3) is 3.15.